The molecule has 6 aliphatic rings. The van der Waals surface area contributed by atoms with Gasteiger partial charge in [0.2, 0.25) is 0 Å². The molecule has 0 heterocycles. The summed E-state index contributed by atoms with van der Waals surface area (Å²) in [5.74, 6) is 3.84. The number of hydrogen-bond donors (Lipinski definition) is 1. The van der Waals surface area contributed by atoms with Gasteiger partial charge in [-0.25, -0.2) is 0 Å². The van der Waals surface area contributed by atoms with Crippen LogP contribution >= 0.6 is 0 Å². The highest BCUT2D eigenvalue weighted by molar-refractivity contribution is 5.50. The summed E-state index contributed by atoms with van der Waals surface area (Å²) in [5.41, 5.74) is 4.89. The Morgan fingerprint density at radius 2 is 1.87 bits per heavy atom. The van der Waals surface area contributed by atoms with Gasteiger partial charge >= 0.3 is 0 Å². The minimum absolute atomic E-state index is 0.0249. The highest BCUT2D eigenvalue weighted by Crippen LogP contribution is 2.69. The van der Waals surface area contributed by atoms with Gasteiger partial charge in [0.1, 0.15) is 0 Å². The second-order valence-corrected chi connectivity index (χ2v) is 8.74. The summed E-state index contributed by atoms with van der Waals surface area (Å²) in [7, 11) is 0. The van der Waals surface area contributed by atoms with Crippen LogP contribution in [0.3, 0.4) is 0 Å². The predicted molar refractivity (Wildman–Crippen MR) is 91.4 cm³/mol. The first-order valence-corrected chi connectivity index (χ1v) is 9.36. The molecule has 6 aliphatic carbocycles. The molecular formula is C22H24O. The van der Waals surface area contributed by atoms with Crippen LogP contribution in [0, 0.1) is 40.9 Å². The SMILES string of the molecule is C[C@@]12C(O)C=CC1C1=CC3CCC=C4C=CC5=CCC2C1C5C43. The molecule has 1 saturated carbocycles. The molecule has 0 spiro atoms. The summed E-state index contributed by atoms with van der Waals surface area (Å²) in [4.78, 5) is 0. The van der Waals surface area contributed by atoms with Crippen LogP contribution in [0.4, 0.5) is 0 Å². The van der Waals surface area contributed by atoms with Gasteiger partial charge in [0.25, 0.3) is 0 Å². The first-order valence-electron chi connectivity index (χ1n) is 9.36. The lowest BCUT2D eigenvalue weighted by atomic mass is 9.54. The number of hydrogen-bond acceptors (Lipinski definition) is 1. The number of allylic oxidation sites excluding steroid dienone is 9. The average molecular weight is 304 g/mol. The standard InChI is InChI=1S/C22H24O/c1-22-16(9-10-18(22)23)15-11-14-4-2-3-12-5-6-13-7-8-17(22)21(15)20(13)19(12)14/h3,5-7,9-11,14,16-21,23H,2,4,8H2,1H3/t14?,16?,17?,18?,19?,20?,21?,22-/m1/s1. The molecule has 1 fully saturated rings. The van der Waals surface area contributed by atoms with E-state index in [9.17, 15) is 5.11 Å². The molecule has 7 unspecified atom stereocenters. The molecule has 0 amide bonds. The van der Waals surface area contributed by atoms with Crippen molar-refractivity contribution in [2.24, 2.45) is 40.9 Å². The fraction of sp³-hybridized carbons (Fsp3) is 0.545. The predicted octanol–water partition coefficient (Wildman–Crippen LogP) is 4.19. The van der Waals surface area contributed by atoms with Gasteiger partial charge < -0.3 is 5.11 Å². The zero-order valence-corrected chi connectivity index (χ0v) is 13.7. The summed E-state index contributed by atoms with van der Waals surface area (Å²) in [6.07, 6.45) is 20.2. The van der Waals surface area contributed by atoms with Gasteiger partial charge in [-0.05, 0) is 60.0 Å². The van der Waals surface area contributed by atoms with Gasteiger partial charge in [0.15, 0.2) is 0 Å². The van der Waals surface area contributed by atoms with E-state index in [0.29, 0.717) is 35.5 Å². The number of aliphatic hydroxyl groups excluding tert-OH is 1. The van der Waals surface area contributed by atoms with Crippen LogP contribution in [0.2, 0.25) is 0 Å². The first kappa shape index (κ1) is 13.0. The molecule has 0 aromatic heterocycles. The lowest BCUT2D eigenvalue weighted by Gasteiger charge is -2.50. The van der Waals surface area contributed by atoms with Crippen LogP contribution in [-0.4, -0.2) is 11.2 Å². The zero-order valence-electron chi connectivity index (χ0n) is 13.7. The molecule has 118 valence electrons. The fourth-order valence-corrected chi connectivity index (χ4v) is 7.14. The highest BCUT2D eigenvalue weighted by Gasteiger charge is 2.64. The van der Waals surface area contributed by atoms with Crippen molar-refractivity contribution in [1.82, 2.24) is 0 Å². The lowest BCUT2D eigenvalue weighted by Crippen LogP contribution is -2.44. The van der Waals surface area contributed by atoms with Gasteiger partial charge in [-0.3, -0.25) is 0 Å². The van der Waals surface area contributed by atoms with E-state index in [1.54, 1.807) is 16.7 Å². The van der Waals surface area contributed by atoms with Crippen molar-refractivity contribution in [3.63, 3.8) is 0 Å². The summed E-state index contributed by atoms with van der Waals surface area (Å²) >= 11 is 0. The molecule has 0 saturated heterocycles. The number of rotatable bonds is 0. The molecule has 23 heavy (non-hydrogen) atoms. The molecule has 0 bridgehead atoms. The third-order valence-electron chi connectivity index (χ3n) is 8.14. The van der Waals surface area contributed by atoms with Gasteiger partial charge in [0, 0.05) is 11.3 Å². The molecule has 1 heteroatoms. The van der Waals surface area contributed by atoms with Crippen molar-refractivity contribution in [1.29, 1.82) is 0 Å². The average Bonchev–Trinajstić information content (AvgIpc) is 3.01. The summed E-state index contributed by atoms with van der Waals surface area (Å²) in [6.45, 7) is 2.35. The van der Waals surface area contributed by atoms with E-state index in [0.717, 1.165) is 6.42 Å². The minimum atomic E-state index is -0.268. The normalized spacial score (nSPS) is 54.2. The smallest absolute Gasteiger partial charge is 0.0786 e. The number of aliphatic hydroxyl groups is 1. The van der Waals surface area contributed by atoms with E-state index >= 15 is 0 Å². The van der Waals surface area contributed by atoms with Gasteiger partial charge in [0.05, 0.1) is 6.10 Å². The zero-order chi connectivity index (χ0) is 15.3. The third-order valence-corrected chi connectivity index (χ3v) is 8.14. The summed E-state index contributed by atoms with van der Waals surface area (Å²) in [5, 5.41) is 10.7. The van der Waals surface area contributed by atoms with E-state index in [-0.39, 0.29) is 11.5 Å². The largest absolute Gasteiger partial charge is 0.388 e. The van der Waals surface area contributed by atoms with E-state index in [2.05, 4.69) is 49.5 Å². The van der Waals surface area contributed by atoms with Crippen LogP contribution < -0.4 is 0 Å². The maximum Gasteiger partial charge on any atom is 0.0786 e. The van der Waals surface area contributed by atoms with Crippen molar-refractivity contribution < 1.29 is 5.11 Å². The van der Waals surface area contributed by atoms with Crippen LogP contribution in [0.25, 0.3) is 0 Å². The van der Waals surface area contributed by atoms with E-state index in [4.69, 9.17) is 0 Å². The Hall–Kier alpha value is -1.34. The van der Waals surface area contributed by atoms with Crippen LogP contribution in [0.15, 0.2) is 59.3 Å². The number of fused-ring (bicyclic) bond motifs is 3. The molecule has 1 nitrogen and oxygen atoms in total. The van der Waals surface area contributed by atoms with Crippen LogP contribution in [-0.2, 0) is 0 Å². The molecule has 8 atom stereocenters. The second-order valence-electron chi connectivity index (χ2n) is 8.74. The van der Waals surface area contributed by atoms with Crippen LogP contribution in [0.5, 0.6) is 0 Å². The maximum absolute atomic E-state index is 10.7. The molecule has 0 aromatic rings. The lowest BCUT2D eigenvalue weighted by molar-refractivity contribution is 0.0164. The summed E-state index contributed by atoms with van der Waals surface area (Å²) < 4.78 is 0. The van der Waals surface area contributed by atoms with E-state index in [1.807, 2.05) is 0 Å². The van der Waals surface area contributed by atoms with E-state index in [1.165, 1.54) is 12.8 Å². The minimum Gasteiger partial charge on any atom is -0.388 e. The fourth-order valence-electron chi connectivity index (χ4n) is 7.14. The molecule has 0 radical (unpaired) electrons. The van der Waals surface area contributed by atoms with Crippen LogP contribution in [0.1, 0.15) is 26.2 Å². The molecule has 1 N–H and O–H groups in total. The monoisotopic (exact) mass is 304 g/mol. The molecule has 0 aliphatic heterocycles. The van der Waals surface area contributed by atoms with Crippen molar-refractivity contribution in [2.75, 3.05) is 0 Å². The van der Waals surface area contributed by atoms with E-state index < -0.39 is 0 Å². The Labute approximate surface area is 138 Å². The summed E-state index contributed by atoms with van der Waals surface area (Å²) in [6, 6.07) is 0. The Balaban J connectivity index is 1.61. The Bertz CT molecular complexity index is 748. The molecular weight excluding hydrogens is 280 g/mol. The van der Waals surface area contributed by atoms with Crippen molar-refractivity contribution in [2.45, 2.75) is 32.3 Å². The molecule has 0 aromatic carbocycles. The topological polar surface area (TPSA) is 20.2 Å². The first-order chi connectivity index (χ1) is 11.2. The Morgan fingerprint density at radius 1 is 1.04 bits per heavy atom. The van der Waals surface area contributed by atoms with Crippen molar-refractivity contribution in [3.05, 3.63) is 59.3 Å². The Morgan fingerprint density at radius 3 is 2.74 bits per heavy atom. The van der Waals surface area contributed by atoms with Crippen molar-refractivity contribution >= 4 is 0 Å². The highest BCUT2D eigenvalue weighted by atomic mass is 16.3. The Kier molecular flexibility index (Phi) is 2.26. The second kappa shape index (κ2) is 4.00. The molecule has 6 rings (SSSR count). The van der Waals surface area contributed by atoms with Gasteiger partial charge in [-0.2, -0.15) is 0 Å². The third kappa shape index (κ3) is 1.33. The van der Waals surface area contributed by atoms with Gasteiger partial charge in [-0.15, -0.1) is 0 Å². The van der Waals surface area contributed by atoms with Crippen molar-refractivity contribution in [3.8, 4) is 0 Å². The maximum atomic E-state index is 10.7. The van der Waals surface area contributed by atoms with Gasteiger partial charge in [-0.1, -0.05) is 55.0 Å². The quantitative estimate of drug-likeness (QED) is 0.665.